The molecule has 0 amide bonds. The van der Waals surface area contributed by atoms with Crippen molar-refractivity contribution in [3.8, 4) is 0 Å². The summed E-state index contributed by atoms with van der Waals surface area (Å²) in [6.07, 6.45) is 2.40. The summed E-state index contributed by atoms with van der Waals surface area (Å²) in [6.45, 7) is 5.60. The molecule has 0 spiro atoms. The molecule has 0 unspecified atom stereocenters. The third-order valence-corrected chi connectivity index (χ3v) is 2.96. The molecule has 0 aliphatic carbocycles. The van der Waals surface area contributed by atoms with Crippen molar-refractivity contribution in [3.05, 3.63) is 41.5 Å². The van der Waals surface area contributed by atoms with Crippen LogP contribution in [0.25, 0.3) is 0 Å². The van der Waals surface area contributed by atoms with Gasteiger partial charge in [-0.15, -0.1) is 0 Å². The van der Waals surface area contributed by atoms with Crippen molar-refractivity contribution < 1.29 is 9.90 Å². The lowest BCUT2D eigenvalue weighted by atomic mass is 10.3. The molecule has 2 aromatic heterocycles. The fraction of sp³-hybridized carbons (Fsp3) is 0.357. The molecule has 2 rings (SSSR count). The smallest absolute Gasteiger partial charge is 0.354 e. The zero-order valence-electron chi connectivity index (χ0n) is 11.6. The lowest BCUT2D eigenvalue weighted by Gasteiger charge is -2.08. The van der Waals surface area contributed by atoms with E-state index in [4.69, 9.17) is 5.11 Å². The fourth-order valence-electron chi connectivity index (χ4n) is 2.02. The number of aromatic nitrogens is 3. The summed E-state index contributed by atoms with van der Waals surface area (Å²) < 4.78 is 1.98. The summed E-state index contributed by atoms with van der Waals surface area (Å²) >= 11 is 0. The number of hydrogen-bond acceptors (Lipinski definition) is 4. The van der Waals surface area contributed by atoms with Crippen LogP contribution in [0.1, 0.15) is 28.3 Å². The van der Waals surface area contributed by atoms with Crippen LogP contribution >= 0.6 is 0 Å². The van der Waals surface area contributed by atoms with E-state index in [9.17, 15) is 4.79 Å². The molecular weight excluding hydrogens is 256 g/mol. The SMILES string of the molecule is Cc1cc(C)n(CCCNc2ccnc(C(=O)O)c2)n1. The molecule has 0 fully saturated rings. The Hall–Kier alpha value is -2.37. The van der Waals surface area contributed by atoms with Crippen molar-refractivity contribution in [2.45, 2.75) is 26.8 Å². The van der Waals surface area contributed by atoms with Crippen LogP contribution in [-0.4, -0.2) is 32.4 Å². The maximum Gasteiger partial charge on any atom is 0.354 e. The second-order valence-corrected chi connectivity index (χ2v) is 4.67. The first-order valence-electron chi connectivity index (χ1n) is 6.50. The van der Waals surface area contributed by atoms with Crippen LogP contribution in [0.5, 0.6) is 0 Å². The number of carbonyl (C=O) groups is 1. The molecule has 0 aliphatic heterocycles. The van der Waals surface area contributed by atoms with Crippen molar-refractivity contribution in [1.82, 2.24) is 14.8 Å². The second-order valence-electron chi connectivity index (χ2n) is 4.67. The number of nitrogens with one attached hydrogen (secondary N) is 1. The van der Waals surface area contributed by atoms with Crippen LogP contribution in [0.3, 0.4) is 0 Å². The van der Waals surface area contributed by atoms with E-state index >= 15 is 0 Å². The predicted molar refractivity (Wildman–Crippen MR) is 76.0 cm³/mol. The number of hydrogen-bond donors (Lipinski definition) is 2. The number of aromatic carboxylic acids is 1. The van der Waals surface area contributed by atoms with Crippen LogP contribution in [0.2, 0.25) is 0 Å². The van der Waals surface area contributed by atoms with Crippen molar-refractivity contribution >= 4 is 11.7 Å². The summed E-state index contributed by atoms with van der Waals surface area (Å²) in [5, 5.41) is 16.4. The summed E-state index contributed by atoms with van der Waals surface area (Å²) in [6, 6.07) is 5.34. The largest absolute Gasteiger partial charge is 0.477 e. The zero-order valence-corrected chi connectivity index (χ0v) is 11.6. The van der Waals surface area contributed by atoms with Gasteiger partial charge in [0.25, 0.3) is 0 Å². The number of carboxylic acid groups (broad SMARTS) is 1. The van der Waals surface area contributed by atoms with Gasteiger partial charge in [0.15, 0.2) is 0 Å². The summed E-state index contributed by atoms with van der Waals surface area (Å²) in [4.78, 5) is 14.6. The van der Waals surface area contributed by atoms with Crippen LogP contribution in [0, 0.1) is 13.8 Å². The first-order chi connectivity index (χ1) is 9.56. The van der Waals surface area contributed by atoms with E-state index < -0.39 is 5.97 Å². The Bertz CT molecular complexity index is 607. The summed E-state index contributed by atoms with van der Waals surface area (Å²) in [5.74, 6) is -1.02. The van der Waals surface area contributed by atoms with E-state index in [1.54, 1.807) is 6.07 Å². The van der Waals surface area contributed by atoms with Crippen molar-refractivity contribution in [3.63, 3.8) is 0 Å². The molecule has 0 atom stereocenters. The van der Waals surface area contributed by atoms with E-state index in [2.05, 4.69) is 21.5 Å². The Labute approximate surface area is 117 Å². The average molecular weight is 274 g/mol. The molecule has 0 saturated carbocycles. The average Bonchev–Trinajstić information content (AvgIpc) is 2.73. The molecule has 0 saturated heterocycles. The van der Waals surface area contributed by atoms with Gasteiger partial charge in [-0.2, -0.15) is 5.10 Å². The number of pyridine rings is 1. The molecule has 0 aromatic carbocycles. The highest BCUT2D eigenvalue weighted by Crippen LogP contribution is 2.08. The minimum absolute atomic E-state index is 0.0496. The van der Waals surface area contributed by atoms with Crippen molar-refractivity contribution in [1.29, 1.82) is 0 Å². The van der Waals surface area contributed by atoms with Crippen LogP contribution in [0.4, 0.5) is 5.69 Å². The standard InChI is InChI=1S/C14H18N4O2/c1-10-8-11(2)18(17-10)7-3-5-15-12-4-6-16-13(9-12)14(19)20/h4,6,8-9H,3,5,7H2,1-2H3,(H,15,16)(H,19,20). The van der Waals surface area contributed by atoms with Crippen molar-refractivity contribution in [2.75, 3.05) is 11.9 Å². The van der Waals surface area contributed by atoms with Crippen LogP contribution < -0.4 is 5.32 Å². The van der Waals surface area contributed by atoms with Crippen molar-refractivity contribution in [2.24, 2.45) is 0 Å². The van der Waals surface area contributed by atoms with E-state index in [1.165, 1.54) is 12.3 Å². The number of rotatable bonds is 6. The van der Waals surface area contributed by atoms with Crippen LogP contribution in [-0.2, 0) is 6.54 Å². The zero-order chi connectivity index (χ0) is 14.5. The molecule has 0 radical (unpaired) electrons. The van der Waals surface area contributed by atoms with Gasteiger partial charge in [-0.25, -0.2) is 9.78 Å². The van der Waals surface area contributed by atoms with Gasteiger partial charge in [-0.05, 0) is 38.5 Å². The number of carboxylic acids is 1. The molecule has 0 aliphatic rings. The van der Waals surface area contributed by atoms with Gasteiger partial charge in [0, 0.05) is 30.7 Å². The maximum absolute atomic E-state index is 10.8. The first kappa shape index (κ1) is 14.0. The Kier molecular flexibility index (Phi) is 4.34. The van der Waals surface area contributed by atoms with Gasteiger partial charge in [0.1, 0.15) is 5.69 Å². The quantitative estimate of drug-likeness (QED) is 0.788. The van der Waals surface area contributed by atoms with Gasteiger partial charge < -0.3 is 10.4 Å². The minimum Gasteiger partial charge on any atom is -0.477 e. The highest BCUT2D eigenvalue weighted by atomic mass is 16.4. The molecular formula is C14H18N4O2. The number of nitrogens with zero attached hydrogens (tertiary/aromatic N) is 3. The Morgan fingerprint density at radius 2 is 2.20 bits per heavy atom. The second kappa shape index (κ2) is 6.18. The van der Waals surface area contributed by atoms with E-state index in [0.717, 1.165) is 36.6 Å². The normalized spacial score (nSPS) is 10.5. The lowest BCUT2D eigenvalue weighted by Crippen LogP contribution is -2.09. The highest BCUT2D eigenvalue weighted by Gasteiger charge is 2.04. The van der Waals surface area contributed by atoms with Gasteiger partial charge in [0.2, 0.25) is 0 Å². The lowest BCUT2D eigenvalue weighted by molar-refractivity contribution is 0.0690. The molecule has 2 N–H and O–H groups in total. The van der Waals surface area contributed by atoms with E-state index in [-0.39, 0.29) is 5.69 Å². The monoisotopic (exact) mass is 274 g/mol. The Morgan fingerprint density at radius 1 is 1.40 bits per heavy atom. The van der Waals surface area contributed by atoms with E-state index in [0.29, 0.717) is 0 Å². The Morgan fingerprint density at radius 3 is 2.85 bits per heavy atom. The Balaban J connectivity index is 1.83. The van der Waals surface area contributed by atoms with Gasteiger partial charge in [-0.1, -0.05) is 0 Å². The third kappa shape index (κ3) is 3.57. The van der Waals surface area contributed by atoms with Gasteiger partial charge in [-0.3, -0.25) is 4.68 Å². The maximum atomic E-state index is 10.8. The first-order valence-corrected chi connectivity index (χ1v) is 6.50. The molecule has 2 aromatic rings. The third-order valence-electron chi connectivity index (χ3n) is 2.96. The highest BCUT2D eigenvalue weighted by molar-refractivity contribution is 5.86. The molecule has 106 valence electrons. The number of anilines is 1. The minimum atomic E-state index is -1.02. The molecule has 6 heteroatoms. The fourth-order valence-corrected chi connectivity index (χ4v) is 2.02. The molecule has 6 nitrogen and oxygen atoms in total. The van der Waals surface area contributed by atoms with Crippen LogP contribution in [0.15, 0.2) is 24.4 Å². The summed E-state index contributed by atoms with van der Waals surface area (Å²) in [7, 11) is 0. The summed E-state index contributed by atoms with van der Waals surface area (Å²) in [5.41, 5.74) is 2.99. The number of aryl methyl sites for hydroxylation is 3. The molecule has 2 heterocycles. The predicted octanol–water partition coefficient (Wildman–Crippen LogP) is 2.10. The molecule has 0 bridgehead atoms. The van der Waals surface area contributed by atoms with E-state index in [1.807, 2.05) is 18.5 Å². The van der Waals surface area contributed by atoms with Gasteiger partial charge >= 0.3 is 5.97 Å². The van der Waals surface area contributed by atoms with Gasteiger partial charge in [0.05, 0.1) is 5.69 Å². The molecule has 20 heavy (non-hydrogen) atoms. The topological polar surface area (TPSA) is 80.0 Å².